The van der Waals surface area contributed by atoms with Crippen LogP contribution in [0, 0.1) is 5.41 Å². The SMILES string of the molecule is CCn1ncnc1CN1CCC2(CCC(=O)N(C)CC2)CC1. The van der Waals surface area contributed by atoms with Crippen LogP contribution in [0.4, 0.5) is 0 Å². The molecule has 2 saturated heterocycles. The lowest BCUT2D eigenvalue weighted by molar-refractivity contribution is -0.129. The number of carbonyl (C=O) groups excluding carboxylic acids is 1. The van der Waals surface area contributed by atoms with Gasteiger partial charge in [-0.3, -0.25) is 9.69 Å². The van der Waals surface area contributed by atoms with Crippen molar-refractivity contribution in [3.63, 3.8) is 0 Å². The number of rotatable bonds is 3. The van der Waals surface area contributed by atoms with E-state index in [4.69, 9.17) is 0 Å². The lowest BCUT2D eigenvalue weighted by atomic mass is 9.73. The van der Waals surface area contributed by atoms with Crippen LogP contribution < -0.4 is 0 Å². The van der Waals surface area contributed by atoms with Crippen LogP contribution in [-0.4, -0.2) is 57.2 Å². The average molecular weight is 305 g/mol. The van der Waals surface area contributed by atoms with Crippen molar-refractivity contribution in [1.29, 1.82) is 0 Å². The standard InChI is InChI=1S/C16H27N5O/c1-3-21-14(17-13-18-21)12-20-10-7-16(8-11-20)5-4-15(22)19(2)9-6-16/h13H,3-12H2,1-2H3. The third-order valence-electron chi connectivity index (χ3n) is 5.55. The molecular formula is C16H27N5O. The van der Waals surface area contributed by atoms with E-state index in [1.54, 1.807) is 6.33 Å². The number of carbonyl (C=O) groups is 1. The minimum absolute atomic E-state index is 0.315. The van der Waals surface area contributed by atoms with Crippen molar-refractivity contribution in [2.24, 2.45) is 5.41 Å². The zero-order valence-corrected chi connectivity index (χ0v) is 13.8. The van der Waals surface area contributed by atoms with Gasteiger partial charge in [0.15, 0.2) is 0 Å². The normalized spacial score (nSPS) is 23.0. The highest BCUT2D eigenvalue weighted by atomic mass is 16.2. The monoisotopic (exact) mass is 305 g/mol. The maximum atomic E-state index is 11.9. The molecule has 2 fully saturated rings. The maximum Gasteiger partial charge on any atom is 0.222 e. The van der Waals surface area contributed by atoms with Gasteiger partial charge in [0.2, 0.25) is 5.91 Å². The number of hydrogen-bond donors (Lipinski definition) is 0. The minimum Gasteiger partial charge on any atom is -0.346 e. The zero-order chi connectivity index (χ0) is 15.6. The molecule has 2 aliphatic heterocycles. The van der Waals surface area contributed by atoms with Gasteiger partial charge in [-0.25, -0.2) is 9.67 Å². The molecule has 0 atom stereocenters. The molecule has 0 bridgehead atoms. The molecule has 3 heterocycles. The van der Waals surface area contributed by atoms with E-state index in [0.29, 0.717) is 11.3 Å². The smallest absolute Gasteiger partial charge is 0.222 e. The lowest BCUT2D eigenvalue weighted by Crippen LogP contribution is -2.40. The van der Waals surface area contributed by atoms with E-state index in [2.05, 4.69) is 21.9 Å². The number of hydrogen-bond acceptors (Lipinski definition) is 4. The van der Waals surface area contributed by atoms with Crippen molar-refractivity contribution in [2.45, 2.75) is 52.1 Å². The molecule has 2 aliphatic rings. The second kappa shape index (κ2) is 6.36. The topological polar surface area (TPSA) is 54.3 Å². The van der Waals surface area contributed by atoms with Gasteiger partial charge in [0, 0.05) is 26.6 Å². The van der Waals surface area contributed by atoms with Crippen LogP contribution in [0.25, 0.3) is 0 Å². The first-order valence-electron chi connectivity index (χ1n) is 8.45. The number of aromatic nitrogens is 3. The average Bonchev–Trinajstić information content (AvgIpc) is 2.94. The molecule has 3 rings (SSSR count). The van der Waals surface area contributed by atoms with Crippen LogP contribution in [-0.2, 0) is 17.9 Å². The van der Waals surface area contributed by atoms with Gasteiger partial charge >= 0.3 is 0 Å². The summed E-state index contributed by atoms with van der Waals surface area (Å²) in [5, 5.41) is 4.25. The highest BCUT2D eigenvalue weighted by Crippen LogP contribution is 2.41. The van der Waals surface area contributed by atoms with Crippen LogP contribution in [0.1, 0.15) is 44.9 Å². The summed E-state index contributed by atoms with van der Waals surface area (Å²) in [6.45, 7) is 7.00. The Kier molecular flexibility index (Phi) is 4.47. The predicted octanol–water partition coefficient (Wildman–Crippen LogP) is 1.52. The summed E-state index contributed by atoms with van der Waals surface area (Å²) >= 11 is 0. The van der Waals surface area contributed by atoms with Crippen molar-refractivity contribution < 1.29 is 4.79 Å². The van der Waals surface area contributed by atoms with Gasteiger partial charge in [-0.05, 0) is 51.1 Å². The summed E-state index contributed by atoms with van der Waals surface area (Å²) in [4.78, 5) is 20.7. The summed E-state index contributed by atoms with van der Waals surface area (Å²) in [5.74, 6) is 1.38. The van der Waals surface area contributed by atoms with Gasteiger partial charge in [-0.1, -0.05) is 0 Å². The Balaban J connectivity index is 1.57. The Morgan fingerprint density at radius 2 is 1.91 bits per heavy atom. The lowest BCUT2D eigenvalue weighted by Gasteiger charge is -2.41. The highest BCUT2D eigenvalue weighted by Gasteiger charge is 2.37. The Morgan fingerprint density at radius 3 is 2.64 bits per heavy atom. The number of amides is 1. The largest absolute Gasteiger partial charge is 0.346 e. The molecule has 0 N–H and O–H groups in total. The van der Waals surface area contributed by atoms with Crippen molar-refractivity contribution in [1.82, 2.24) is 24.6 Å². The Labute approximate surface area is 132 Å². The van der Waals surface area contributed by atoms with E-state index < -0.39 is 0 Å². The summed E-state index contributed by atoms with van der Waals surface area (Å²) in [6.07, 6.45) is 7.00. The molecule has 1 aromatic heterocycles. The van der Waals surface area contributed by atoms with Crippen molar-refractivity contribution >= 4 is 5.91 Å². The fraction of sp³-hybridized carbons (Fsp3) is 0.812. The number of piperidine rings is 1. The molecule has 6 nitrogen and oxygen atoms in total. The van der Waals surface area contributed by atoms with Crippen LogP contribution in [0.3, 0.4) is 0 Å². The maximum absolute atomic E-state index is 11.9. The molecule has 122 valence electrons. The summed E-state index contributed by atoms with van der Waals surface area (Å²) in [7, 11) is 1.94. The second-order valence-electron chi connectivity index (χ2n) is 6.83. The third kappa shape index (κ3) is 3.16. The zero-order valence-electron chi connectivity index (χ0n) is 13.8. The first kappa shape index (κ1) is 15.5. The van der Waals surface area contributed by atoms with Crippen LogP contribution in [0.15, 0.2) is 6.33 Å². The Hall–Kier alpha value is -1.43. The van der Waals surface area contributed by atoms with Gasteiger partial charge in [-0.2, -0.15) is 5.10 Å². The molecular weight excluding hydrogens is 278 g/mol. The quantitative estimate of drug-likeness (QED) is 0.850. The van der Waals surface area contributed by atoms with E-state index in [9.17, 15) is 4.79 Å². The number of likely N-dealkylation sites (tertiary alicyclic amines) is 2. The van der Waals surface area contributed by atoms with E-state index in [1.807, 2.05) is 16.6 Å². The van der Waals surface area contributed by atoms with E-state index in [-0.39, 0.29) is 0 Å². The molecule has 1 amide bonds. The Morgan fingerprint density at radius 1 is 1.18 bits per heavy atom. The predicted molar refractivity (Wildman–Crippen MR) is 84.1 cm³/mol. The third-order valence-corrected chi connectivity index (χ3v) is 5.55. The van der Waals surface area contributed by atoms with Gasteiger partial charge in [0.1, 0.15) is 12.2 Å². The molecule has 0 radical (unpaired) electrons. The van der Waals surface area contributed by atoms with Crippen LogP contribution >= 0.6 is 0 Å². The van der Waals surface area contributed by atoms with E-state index in [1.165, 1.54) is 12.8 Å². The molecule has 6 heteroatoms. The minimum atomic E-state index is 0.315. The van der Waals surface area contributed by atoms with Gasteiger partial charge < -0.3 is 4.90 Å². The van der Waals surface area contributed by atoms with Gasteiger partial charge in [0.05, 0.1) is 6.54 Å². The van der Waals surface area contributed by atoms with Crippen molar-refractivity contribution in [3.05, 3.63) is 12.2 Å². The molecule has 22 heavy (non-hydrogen) atoms. The number of nitrogens with zero attached hydrogens (tertiary/aromatic N) is 5. The van der Waals surface area contributed by atoms with Gasteiger partial charge in [-0.15, -0.1) is 0 Å². The van der Waals surface area contributed by atoms with Gasteiger partial charge in [0.25, 0.3) is 0 Å². The molecule has 1 aromatic rings. The fourth-order valence-electron chi connectivity index (χ4n) is 3.78. The van der Waals surface area contributed by atoms with E-state index >= 15 is 0 Å². The molecule has 0 aromatic carbocycles. The molecule has 0 aliphatic carbocycles. The molecule has 1 spiro atoms. The summed E-state index contributed by atoms with van der Waals surface area (Å²) in [6, 6.07) is 0. The fourth-order valence-corrected chi connectivity index (χ4v) is 3.78. The summed E-state index contributed by atoms with van der Waals surface area (Å²) < 4.78 is 1.98. The number of aryl methyl sites for hydroxylation is 1. The van der Waals surface area contributed by atoms with Crippen LogP contribution in [0.5, 0.6) is 0 Å². The first-order chi connectivity index (χ1) is 10.6. The molecule has 0 saturated carbocycles. The van der Waals surface area contributed by atoms with Crippen molar-refractivity contribution in [3.8, 4) is 0 Å². The summed E-state index contributed by atoms with van der Waals surface area (Å²) in [5.41, 5.74) is 0.384. The van der Waals surface area contributed by atoms with Crippen LogP contribution in [0.2, 0.25) is 0 Å². The van der Waals surface area contributed by atoms with Crippen molar-refractivity contribution in [2.75, 3.05) is 26.7 Å². The first-order valence-corrected chi connectivity index (χ1v) is 8.45. The second-order valence-corrected chi connectivity index (χ2v) is 6.83. The highest BCUT2D eigenvalue weighted by molar-refractivity contribution is 5.76. The van der Waals surface area contributed by atoms with E-state index in [0.717, 1.165) is 57.8 Å². The Bertz CT molecular complexity index is 518. The molecule has 0 unspecified atom stereocenters.